The Balaban J connectivity index is 0.0000101. The maximum absolute atomic E-state index is 12.3. The average molecular weight is 1210 g/mol. The van der Waals surface area contributed by atoms with E-state index < -0.39 is 220 Å². The molecule has 43 heteroatoms. The van der Waals surface area contributed by atoms with Crippen molar-refractivity contribution < 1.29 is 360 Å². The fraction of sp³-hybridized carbons (Fsp3) is 0.833. The normalized spacial score (nSPS) is 45.8. The maximum Gasteiger partial charge on any atom is 1.00 e. The monoisotopic (exact) mass is 1210 g/mol. The first-order valence-corrected chi connectivity index (χ1v) is 21.0. The molecule has 30 atom stereocenters. The predicted octanol–water partition coefficient (Wildman–Crippen LogP) is -39.5. The van der Waals surface area contributed by atoms with Gasteiger partial charge in [-0.15, -0.1) is 0 Å². The maximum atomic E-state index is 12.3. The minimum atomic E-state index is -2.80. The summed E-state index contributed by atoms with van der Waals surface area (Å²) >= 11 is 0. The number of aliphatic hydroxyl groups excluding tert-OH is 14. The summed E-state index contributed by atoms with van der Waals surface area (Å²) in [5.74, 6) is -13.9. The second-order valence-electron chi connectivity index (χ2n) is 16.9. The SMILES string of the molecule is O=C([O-])C1O[C@@H](O[C@@H]2C(C(=O)[O-])O[C@@H](O[C@@H]3C(C(=O)[O-])O[C@@H](O[C@@H]4C(C(=O)[O-])O[C@@H](O[C@@H]5C(C(=O)[O-])O[C@@H](O[C@@H]6C(C(=O)[O-])O[C@@H](O)C(O)[C@@H]6O)C(O)[C@@H]5O)C(O)[C@@H]4O)C(O)[C@@H]3O)C(O)[C@@H]2O)C(O)[C@H](O)[C@@H]1O.[Na+].[Na+].[Na+].[Na+].[Na+].[Na+]. The molecule has 0 amide bonds. The van der Waals surface area contributed by atoms with Gasteiger partial charge in [-0.05, 0) is 0 Å². The van der Waals surface area contributed by atoms with Gasteiger partial charge in [0.1, 0.15) is 146 Å². The molecule has 79 heavy (non-hydrogen) atoms. The third kappa shape index (κ3) is 17.6. The van der Waals surface area contributed by atoms with Crippen LogP contribution in [0.2, 0.25) is 0 Å². The fourth-order valence-electron chi connectivity index (χ4n) is 8.29. The zero-order chi connectivity index (χ0) is 54.6. The molecule has 0 bridgehead atoms. The van der Waals surface area contributed by atoms with Crippen molar-refractivity contribution in [2.24, 2.45) is 0 Å². The fourth-order valence-corrected chi connectivity index (χ4v) is 8.29. The van der Waals surface area contributed by atoms with E-state index in [-0.39, 0.29) is 177 Å². The minimum absolute atomic E-state index is 0. The van der Waals surface area contributed by atoms with Gasteiger partial charge in [0.15, 0.2) is 37.7 Å². The number of aliphatic hydroxyl groups is 14. The number of hydrogen-bond donors (Lipinski definition) is 14. The Morgan fingerprint density at radius 2 is 0.418 bits per heavy atom. The smallest absolute Gasteiger partial charge is 0.547 e. The number of ether oxygens (including phenoxy) is 11. The van der Waals surface area contributed by atoms with Crippen LogP contribution in [-0.4, -0.2) is 292 Å². The van der Waals surface area contributed by atoms with Crippen molar-refractivity contribution in [3.63, 3.8) is 0 Å². The van der Waals surface area contributed by atoms with Gasteiger partial charge in [-0.2, -0.15) is 0 Å². The van der Waals surface area contributed by atoms with Gasteiger partial charge in [0.05, 0.1) is 35.8 Å². The molecule has 14 N–H and O–H groups in total. The number of carboxylic acids is 6. The number of carboxylic acid groups (broad SMARTS) is 6. The van der Waals surface area contributed by atoms with Gasteiger partial charge in [0, 0.05) is 0 Å². The van der Waals surface area contributed by atoms with Gasteiger partial charge >= 0.3 is 177 Å². The summed E-state index contributed by atoms with van der Waals surface area (Å²) in [6, 6.07) is 0. The molecule has 0 aromatic carbocycles. The van der Waals surface area contributed by atoms with Crippen LogP contribution in [0.25, 0.3) is 0 Å². The van der Waals surface area contributed by atoms with Gasteiger partial charge in [0.25, 0.3) is 0 Å². The topological polar surface area (TPSA) is 626 Å². The van der Waals surface area contributed by atoms with Gasteiger partial charge in [0.2, 0.25) is 0 Å². The zero-order valence-electron chi connectivity index (χ0n) is 42.0. The number of aliphatic carboxylic acids is 6. The van der Waals surface area contributed by atoms with Crippen molar-refractivity contribution in [1.29, 1.82) is 0 Å². The first kappa shape index (κ1) is 80.8. The molecular formula is C36H44Na6O37. The van der Waals surface area contributed by atoms with E-state index in [9.17, 15) is 131 Å². The van der Waals surface area contributed by atoms with E-state index in [1.807, 2.05) is 0 Å². The van der Waals surface area contributed by atoms with Crippen LogP contribution in [0.1, 0.15) is 0 Å². The molecule has 37 nitrogen and oxygen atoms in total. The molecule has 6 aliphatic heterocycles. The van der Waals surface area contributed by atoms with E-state index in [2.05, 4.69) is 4.74 Å². The molecule has 0 aromatic heterocycles. The minimum Gasteiger partial charge on any atom is -0.547 e. The summed E-state index contributed by atoms with van der Waals surface area (Å²) in [5.41, 5.74) is 0. The molecular weight excluding hydrogens is 1160 g/mol. The Hall–Kier alpha value is 1.82. The molecule has 6 fully saturated rings. The van der Waals surface area contributed by atoms with Crippen LogP contribution in [0.3, 0.4) is 0 Å². The molecule has 6 heterocycles. The summed E-state index contributed by atoms with van der Waals surface area (Å²) in [6.45, 7) is 0. The van der Waals surface area contributed by atoms with Crippen LogP contribution in [0.15, 0.2) is 0 Å². The first-order valence-electron chi connectivity index (χ1n) is 21.0. The number of rotatable bonds is 16. The molecule has 0 aromatic rings. The zero-order valence-corrected chi connectivity index (χ0v) is 54.0. The first-order chi connectivity index (χ1) is 34.0. The van der Waals surface area contributed by atoms with Crippen LogP contribution >= 0.6 is 0 Å². The number of carbonyl (C=O) groups excluding carboxylic acids is 6. The van der Waals surface area contributed by atoms with E-state index >= 15 is 0 Å². The van der Waals surface area contributed by atoms with Gasteiger partial charge < -0.3 is 183 Å². The Kier molecular flexibility index (Phi) is 34.8. The van der Waals surface area contributed by atoms with E-state index in [1.165, 1.54) is 0 Å². The van der Waals surface area contributed by atoms with Gasteiger partial charge in [-0.1, -0.05) is 0 Å². The molecule has 0 saturated carbocycles. The van der Waals surface area contributed by atoms with E-state index in [1.54, 1.807) is 0 Å². The van der Waals surface area contributed by atoms with E-state index in [0.29, 0.717) is 0 Å². The van der Waals surface area contributed by atoms with Crippen LogP contribution in [0.5, 0.6) is 0 Å². The third-order valence-corrected chi connectivity index (χ3v) is 12.2. The largest absolute Gasteiger partial charge is 1.00 e. The number of hydrogen-bond acceptors (Lipinski definition) is 37. The average Bonchev–Trinajstić information content (AvgIpc) is 3.31. The van der Waals surface area contributed by atoms with Crippen molar-refractivity contribution in [1.82, 2.24) is 0 Å². The molecule has 12 unspecified atom stereocenters. The second-order valence-corrected chi connectivity index (χ2v) is 16.9. The molecule has 0 radical (unpaired) electrons. The number of carbonyl (C=O) groups is 6. The molecule has 6 saturated heterocycles. The molecule has 0 aliphatic carbocycles. The molecule has 6 aliphatic rings. The van der Waals surface area contributed by atoms with Gasteiger partial charge in [-0.3, -0.25) is 0 Å². The molecule has 416 valence electrons. The van der Waals surface area contributed by atoms with Crippen LogP contribution < -0.4 is 208 Å². The van der Waals surface area contributed by atoms with Crippen molar-refractivity contribution in [3.8, 4) is 0 Å². The Morgan fingerprint density at radius 1 is 0.241 bits per heavy atom. The Labute approximate surface area is 573 Å². The standard InChI is InChI=1S/C36H50O37.6Na/c37-1-2(38)19(25(50)51)69-32(9(1)45)65-15-4(40)11(47)34(71-21(15)27(54)55)67-17-6(42)13(49)36(73-23(17)29(58)59)68-18-7(43)12(48)35(72-24(18)30(60)61)66-16-5(41)10(46)33(70-22(16)28(56)57)64-14-3(39)8(44)31(62)63-20(14)26(52)53;;;;;;/h1-24,31-49,62H,(H,50,51)(H,52,53)(H,54,55)(H,56,57)(H,58,59)(H,60,61);;;;;;/q;6*+1/p-6/t1-,2+,3+,4+,5+,6+,7+,8?,9?,10?,11?,12?,13?,14+,15+,16+,17+,18+,19?,20?,21?,22?,23?,24?,31-,32-,33-,34-,35-,36-;;;;;;/m1....../s1. The summed E-state index contributed by atoms with van der Waals surface area (Å²) < 4.78 is 55.4. The predicted molar refractivity (Wildman–Crippen MR) is 187 cm³/mol. The van der Waals surface area contributed by atoms with Crippen molar-refractivity contribution in [2.75, 3.05) is 0 Å². The summed E-state index contributed by atoms with van der Waals surface area (Å²) in [5, 5.41) is 220. The van der Waals surface area contributed by atoms with Crippen molar-refractivity contribution >= 4 is 35.8 Å². The third-order valence-electron chi connectivity index (χ3n) is 12.2. The summed E-state index contributed by atoms with van der Waals surface area (Å²) in [4.78, 5) is 72.0. The van der Waals surface area contributed by atoms with E-state index in [0.717, 1.165) is 0 Å². The quantitative estimate of drug-likeness (QED) is 0.0638. The van der Waals surface area contributed by atoms with Crippen LogP contribution in [0.4, 0.5) is 0 Å². The molecule has 0 spiro atoms. The second kappa shape index (κ2) is 34.0. The molecule has 6 rings (SSSR count). The summed E-state index contributed by atoms with van der Waals surface area (Å²) in [7, 11) is 0. The van der Waals surface area contributed by atoms with Crippen molar-refractivity contribution in [2.45, 2.75) is 184 Å². The van der Waals surface area contributed by atoms with Crippen LogP contribution in [-0.2, 0) is 80.9 Å². The van der Waals surface area contributed by atoms with Crippen LogP contribution in [0, 0.1) is 0 Å². The van der Waals surface area contributed by atoms with Crippen molar-refractivity contribution in [3.05, 3.63) is 0 Å². The summed E-state index contributed by atoms with van der Waals surface area (Å²) in [6.07, 6.45) is -76.6. The van der Waals surface area contributed by atoms with Gasteiger partial charge in [-0.25, -0.2) is 0 Å². The Bertz CT molecular complexity index is 2020. The van der Waals surface area contributed by atoms with E-state index in [4.69, 9.17) is 47.4 Å². The Morgan fingerprint density at radius 3 is 0.633 bits per heavy atom.